The van der Waals surface area contributed by atoms with Crippen LogP contribution in [0.5, 0.6) is 28.7 Å². The van der Waals surface area contributed by atoms with E-state index in [-0.39, 0.29) is 43.3 Å². The fourth-order valence-corrected chi connectivity index (χ4v) is 8.15. The van der Waals surface area contributed by atoms with Crippen molar-refractivity contribution >= 4 is 23.5 Å². The highest BCUT2D eigenvalue weighted by Crippen LogP contribution is 2.56. The molecule has 4 heterocycles. The third kappa shape index (κ3) is 5.28. The number of fused-ring (bicyclic) bond motifs is 9. The number of esters is 1. The zero-order chi connectivity index (χ0) is 33.7. The van der Waals surface area contributed by atoms with Gasteiger partial charge in [-0.2, -0.15) is 5.26 Å². The number of carbonyl (C=O) groups is 2. The van der Waals surface area contributed by atoms with Crippen molar-refractivity contribution in [3.63, 3.8) is 0 Å². The van der Waals surface area contributed by atoms with Gasteiger partial charge in [-0.25, -0.2) is 0 Å². The van der Waals surface area contributed by atoms with Crippen LogP contribution in [0.15, 0.2) is 36.4 Å². The standard InChI is InChI=1S/C36H37ClN4O7/c1-18-11-21-12-23-25(15-38)41-24(31(40-23)29(21)32(44)33(18)45-3)13-22-30(26(41)16-39-27(42)10-9-20-7-5-4-6-8-20)36-35(46-17-47-36)19(2)34(22)48-28(43)14-37/h4-8,11,23-26,31,40,44H,9-10,12-14,16-17H2,1-3H3,(H,39,42)/t23-,24?,25+,26+,31+/m1/s1. The monoisotopic (exact) mass is 672 g/mol. The number of phenolic OH excluding ortho intramolecular Hbond substituents is 1. The van der Waals surface area contributed by atoms with Crippen molar-refractivity contribution in [3.05, 3.63) is 75.3 Å². The molecular weight excluding hydrogens is 636 g/mol. The van der Waals surface area contributed by atoms with Gasteiger partial charge in [-0.05, 0) is 49.8 Å². The molecule has 3 aromatic carbocycles. The largest absolute Gasteiger partial charge is 0.504 e. The zero-order valence-electron chi connectivity index (χ0n) is 27.0. The van der Waals surface area contributed by atoms with Gasteiger partial charge in [0.2, 0.25) is 12.7 Å². The average molecular weight is 673 g/mol. The second-order valence-corrected chi connectivity index (χ2v) is 13.0. The smallest absolute Gasteiger partial charge is 0.326 e. The summed E-state index contributed by atoms with van der Waals surface area (Å²) in [5.41, 5.74) is 5.55. The van der Waals surface area contributed by atoms with Crippen LogP contribution in [0.4, 0.5) is 0 Å². The van der Waals surface area contributed by atoms with Crippen LogP contribution >= 0.6 is 11.6 Å². The quantitative estimate of drug-likeness (QED) is 0.182. The Bertz CT molecular complexity index is 1830. The Morgan fingerprint density at radius 3 is 2.65 bits per heavy atom. The lowest BCUT2D eigenvalue weighted by Crippen LogP contribution is -2.68. The topological polar surface area (TPSA) is 142 Å². The molecule has 0 aromatic heterocycles. The first-order chi connectivity index (χ1) is 23.2. The van der Waals surface area contributed by atoms with Gasteiger partial charge in [0.15, 0.2) is 23.0 Å². The number of halogens is 1. The van der Waals surface area contributed by atoms with Crippen LogP contribution in [-0.2, 0) is 28.9 Å². The lowest BCUT2D eigenvalue weighted by molar-refractivity contribution is -0.131. The van der Waals surface area contributed by atoms with E-state index < -0.39 is 30.1 Å². The van der Waals surface area contributed by atoms with Crippen LogP contribution < -0.4 is 29.6 Å². The second kappa shape index (κ2) is 12.8. The molecule has 11 nitrogen and oxygen atoms in total. The summed E-state index contributed by atoms with van der Waals surface area (Å²) in [4.78, 5) is 28.2. The van der Waals surface area contributed by atoms with Crippen molar-refractivity contribution in [1.29, 1.82) is 5.26 Å². The number of methoxy groups -OCH3 is 1. The van der Waals surface area contributed by atoms with Gasteiger partial charge in [-0.3, -0.25) is 14.5 Å². The summed E-state index contributed by atoms with van der Waals surface area (Å²) in [6.07, 6.45) is 1.72. The van der Waals surface area contributed by atoms with Crippen LogP contribution in [0.2, 0.25) is 0 Å². The average Bonchev–Trinajstić information content (AvgIpc) is 3.58. The first-order valence-corrected chi connectivity index (χ1v) is 16.6. The number of rotatable bonds is 8. The molecule has 48 heavy (non-hydrogen) atoms. The summed E-state index contributed by atoms with van der Waals surface area (Å²) < 4.78 is 23.5. The van der Waals surface area contributed by atoms with Crippen LogP contribution in [0.1, 0.15) is 57.4 Å². The molecule has 12 heteroatoms. The second-order valence-electron chi connectivity index (χ2n) is 12.7. The van der Waals surface area contributed by atoms with Crippen molar-refractivity contribution in [2.45, 2.75) is 69.7 Å². The van der Waals surface area contributed by atoms with Crippen molar-refractivity contribution in [3.8, 4) is 34.8 Å². The number of nitrogens with one attached hydrogen (secondary N) is 2. The van der Waals surface area contributed by atoms with Crippen LogP contribution in [0.25, 0.3) is 0 Å². The van der Waals surface area contributed by atoms with Gasteiger partial charge < -0.3 is 34.7 Å². The third-order valence-electron chi connectivity index (χ3n) is 10.1. The van der Waals surface area contributed by atoms with Gasteiger partial charge in [0.05, 0.1) is 25.3 Å². The Morgan fingerprint density at radius 1 is 1.15 bits per heavy atom. The number of carbonyl (C=O) groups excluding carboxylic acids is 2. The van der Waals surface area contributed by atoms with E-state index in [9.17, 15) is 20.0 Å². The lowest BCUT2D eigenvalue weighted by Gasteiger charge is -2.56. The maximum Gasteiger partial charge on any atom is 0.326 e. The van der Waals surface area contributed by atoms with E-state index in [0.29, 0.717) is 64.5 Å². The Balaban J connectivity index is 1.35. The van der Waals surface area contributed by atoms with Crippen LogP contribution in [0, 0.1) is 25.2 Å². The first kappa shape index (κ1) is 32.1. The first-order valence-electron chi connectivity index (χ1n) is 16.1. The van der Waals surface area contributed by atoms with Gasteiger partial charge in [0, 0.05) is 47.3 Å². The summed E-state index contributed by atoms with van der Waals surface area (Å²) in [5, 5.41) is 29.1. The minimum atomic E-state index is -0.619. The summed E-state index contributed by atoms with van der Waals surface area (Å²) in [5.74, 6) is 0.659. The van der Waals surface area contributed by atoms with Gasteiger partial charge in [0.1, 0.15) is 17.7 Å². The van der Waals surface area contributed by atoms with Gasteiger partial charge >= 0.3 is 5.97 Å². The highest BCUT2D eigenvalue weighted by Gasteiger charge is 2.54. The molecule has 250 valence electrons. The highest BCUT2D eigenvalue weighted by molar-refractivity contribution is 6.26. The SMILES string of the molecule is COc1c(C)cc2c(c1O)[C@H]1N[C@H](C2)[C@H](C#N)N2C1Cc1c(OC(=O)CCl)c(C)c3c(c1[C@@H]2CNC(=O)CCc1ccccc1)OCO3. The number of aromatic hydroxyl groups is 1. The third-order valence-corrected chi connectivity index (χ3v) is 10.3. The number of nitriles is 1. The normalized spacial score (nSPS) is 23.3. The fourth-order valence-electron chi connectivity index (χ4n) is 8.09. The lowest BCUT2D eigenvalue weighted by atomic mass is 9.72. The zero-order valence-corrected chi connectivity index (χ0v) is 27.7. The van der Waals surface area contributed by atoms with Gasteiger partial charge in [-0.1, -0.05) is 36.4 Å². The van der Waals surface area contributed by atoms with Gasteiger partial charge in [-0.15, -0.1) is 11.6 Å². The molecule has 0 spiro atoms. The summed E-state index contributed by atoms with van der Waals surface area (Å²) in [6, 6.07) is 12.2. The number of aryl methyl sites for hydroxylation is 2. The molecule has 3 N–H and O–H groups in total. The minimum Gasteiger partial charge on any atom is -0.504 e. The van der Waals surface area contributed by atoms with Crippen molar-refractivity contribution in [2.24, 2.45) is 0 Å². The number of benzene rings is 3. The van der Waals surface area contributed by atoms with Crippen molar-refractivity contribution in [2.75, 3.05) is 26.3 Å². The molecule has 4 aliphatic heterocycles. The summed E-state index contributed by atoms with van der Waals surface area (Å²) in [6.45, 7) is 3.83. The predicted octanol–water partition coefficient (Wildman–Crippen LogP) is 4.07. The molecule has 0 aliphatic carbocycles. The van der Waals surface area contributed by atoms with Crippen molar-refractivity contribution < 1.29 is 33.6 Å². The Kier molecular flexibility index (Phi) is 8.58. The number of amides is 1. The summed E-state index contributed by atoms with van der Waals surface area (Å²) >= 11 is 5.90. The number of hydrogen-bond acceptors (Lipinski definition) is 10. The fraction of sp³-hybridized carbons (Fsp3) is 0.417. The number of phenols is 1. The van der Waals surface area contributed by atoms with Crippen molar-refractivity contribution in [1.82, 2.24) is 15.5 Å². The molecule has 1 fully saturated rings. The van der Waals surface area contributed by atoms with E-state index in [1.165, 1.54) is 7.11 Å². The van der Waals surface area contributed by atoms with Crippen LogP contribution in [0.3, 0.4) is 0 Å². The summed E-state index contributed by atoms with van der Waals surface area (Å²) in [7, 11) is 1.53. The highest BCUT2D eigenvalue weighted by atomic mass is 35.5. The maximum absolute atomic E-state index is 13.3. The molecule has 2 bridgehead atoms. The van der Waals surface area contributed by atoms with E-state index in [1.807, 2.05) is 43.3 Å². The number of piperazine rings is 1. The molecule has 1 amide bonds. The molecule has 4 aliphatic rings. The number of alkyl halides is 1. The molecule has 0 saturated carbocycles. The van der Waals surface area contributed by atoms with Gasteiger partial charge in [0.25, 0.3) is 0 Å². The molecule has 0 radical (unpaired) electrons. The van der Waals surface area contributed by atoms with E-state index in [0.717, 1.165) is 16.7 Å². The van der Waals surface area contributed by atoms with E-state index >= 15 is 0 Å². The molecular formula is C36H37ClN4O7. The van der Waals surface area contributed by atoms with E-state index in [1.54, 1.807) is 6.92 Å². The Morgan fingerprint density at radius 2 is 1.92 bits per heavy atom. The molecule has 3 aromatic rings. The molecule has 1 saturated heterocycles. The molecule has 7 rings (SSSR count). The predicted molar refractivity (Wildman–Crippen MR) is 176 cm³/mol. The molecule has 1 unspecified atom stereocenters. The Labute approximate surface area is 283 Å². The van der Waals surface area contributed by atoms with E-state index in [4.69, 9.17) is 30.5 Å². The number of nitrogens with zero attached hydrogens (tertiary/aromatic N) is 2. The number of hydrogen-bond donors (Lipinski definition) is 3. The Hall–Kier alpha value is -4.50. The van der Waals surface area contributed by atoms with E-state index in [2.05, 4.69) is 21.6 Å². The minimum absolute atomic E-state index is 0.0238. The molecule has 5 atom stereocenters. The van der Waals surface area contributed by atoms with Crippen LogP contribution in [-0.4, -0.2) is 66.3 Å². The number of ether oxygens (including phenoxy) is 4. The maximum atomic E-state index is 13.3.